The first-order valence-corrected chi connectivity index (χ1v) is 6.53. The predicted octanol–water partition coefficient (Wildman–Crippen LogP) is 2.51. The van der Waals surface area contributed by atoms with E-state index in [-0.39, 0.29) is 24.4 Å². The minimum atomic E-state index is -0.0924. The summed E-state index contributed by atoms with van der Waals surface area (Å²) in [6, 6.07) is 3.70. The van der Waals surface area contributed by atoms with Crippen molar-refractivity contribution in [2.24, 2.45) is 5.92 Å². The standard InChI is InChI=1S/C12H16BrN3O.ClH/c1-7-5-9(14-6-7)12(17)16-11-8(2)3-4-10(13)15-11;/h3-4,7,9,14H,5-6H2,1-2H3,(H,15,16,17);1H/t7-,9-;/m0./s1. The molecule has 2 rings (SSSR count). The monoisotopic (exact) mass is 333 g/mol. The number of halogens is 2. The Labute approximate surface area is 121 Å². The number of aromatic nitrogens is 1. The van der Waals surface area contributed by atoms with Crippen LogP contribution in [0.2, 0.25) is 0 Å². The Kier molecular flexibility index (Phi) is 5.56. The number of nitrogens with zero attached hydrogens (tertiary/aromatic N) is 1. The predicted molar refractivity (Wildman–Crippen MR) is 78.1 cm³/mol. The first-order chi connectivity index (χ1) is 8.06. The highest BCUT2D eigenvalue weighted by molar-refractivity contribution is 9.10. The Balaban J connectivity index is 0.00000162. The molecule has 2 N–H and O–H groups in total. The number of hydrogen-bond donors (Lipinski definition) is 2. The SMILES string of the molecule is Cc1ccc(Br)nc1NC(=O)[C@@H]1C[C@H](C)CN1.Cl. The molecular weight excluding hydrogens is 318 g/mol. The molecule has 0 bridgehead atoms. The van der Waals surface area contributed by atoms with Gasteiger partial charge >= 0.3 is 0 Å². The molecule has 4 nitrogen and oxygen atoms in total. The Morgan fingerprint density at radius 1 is 1.56 bits per heavy atom. The van der Waals surface area contributed by atoms with E-state index in [1.807, 2.05) is 19.1 Å². The van der Waals surface area contributed by atoms with Crippen molar-refractivity contribution in [3.63, 3.8) is 0 Å². The lowest BCUT2D eigenvalue weighted by atomic mass is 10.1. The van der Waals surface area contributed by atoms with Crippen LogP contribution in [0, 0.1) is 12.8 Å². The summed E-state index contributed by atoms with van der Waals surface area (Å²) in [5.41, 5.74) is 0.965. The minimum absolute atomic E-state index is 0. The molecule has 100 valence electrons. The number of aryl methyl sites for hydroxylation is 1. The molecule has 1 aromatic rings. The van der Waals surface area contributed by atoms with Gasteiger partial charge < -0.3 is 10.6 Å². The molecule has 0 unspecified atom stereocenters. The van der Waals surface area contributed by atoms with Crippen LogP contribution >= 0.6 is 28.3 Å². The highest BCUT2D eigenvalue weighted by Crippen LogP contribution is 2.18. The first kappa shape index (κ1) is 15.4. The van der Waals surface area contributed by atoms with Crippen molar-refractivity contribution in [3.8, 4) is 0 Å². The number of hydrogen-bond acceptors (Lipinski definition) is 3. The van der Waals surface area contributed by atoms with E-state index in [0.29, 0.717) is 11.7 Å². The van der Waals surface area contributed by atoms with Gasteiger partial charge in [0.2, 0.25) is 5.91 Å². The van der Waals surface area contributed by atoms with Crippen molar-refractivity contribution < 1.29 is 4.79 Å². The second kappa shape index (κ2) is 6.50. The van der Waals surface area contributed by atoms with Crippen LogP contribution in [0.4, 0.5) is 5.82 Å². The summed E-state index contributed by atoms with van der Waals surface area (Å²) in [7, 11) is 0. The number of rotatable bonds is 2. The summed E-state index contributed by atoms with van der Waals surface area (Å²) in [6.07, 6.45) is 0.888. The van der Waals surface area contributed by atoms with Gasteiger partial charge in [-0.1, -0.05) is 13.0 Å². The molecule has 2 atom stereocenters. The van der Waals surface area contributed by atoms with Gasteiger partial charge in [-0.2, -0.15) is 0 Å². The fourth-order valence-electron chi connectivity index (χ4n) is 1.95. The lowest BCUT2D eigenvalue weighted by Crippen LogP contribution is -2.35. The maximum atomic E-state index is 12.0. The summed E-state index contributed by atoms with van der Waals surface area (Å²) in [5.74, 6) is 1.19. The molecule has 1 aliphatic rings. The zero-order valence-electron chi connectivity index (χ0n) is 10.4. The molecule has 1 aliphatic heterocycles. The van der Waals surface area contributed by atoms with Crippen LogP contribution in [-0.4, -0.2) is 23.5 Å². The molecule has 1 fully saturated rings. The van der Waals surface area contributed by atoms with Crippen LogP contribution < -0.4 is 10.6 Å². The van der Waals surface area contributed by atoms with E-state index in [2.05, 4.69) is 38.5 Å². The van der Waals surface area contributed by atoms with Gasteiger partial charge in [0, 0.05) is 0 Å². The molecular formula is C12H17BrClN3O. The summed E-state index contributed by atoms with van der Waals surface area (Å²) in [6.45, 7) is 4.98. The highest BCUT2D eigenvalue weighted by atomic mass is 79.9. The van der Waals surface area contributed by atoms with E-state index in [0.717, 1.165) is 23.1 Å². The zero-order valence-corrected chi connectivity index (χ0v) is 12.8. The summed E-state index contributed by atoms with van der Waals surface area (Å²) in [5, 5.41) is 6.08. The van der Waals surface area contributed by atoms with E-state index in [4.69, 9.17) is 0 Å². The zero-order chi connectivity index (χ0) is 12.4. The third-order valence-electron chi connectivity index (χ3n) is 2.97. The van der Waals surface area contributed by atoms with Crippen LogP contribution in [0.15, 0.2) is 16.7 Å². The Bertz CT molecular complexity index is 441. The van der Waals surface area contributed by atoms with E-state index in [9.17, 15) is 4.79 Å². The highest BCUT2D eigenvalue weighted by Gasteiger charge is 2.27. The van der Waals surface area contributed by atoms with Crippen LogP contribution in [0.25, 0.3) is 0 Å². The second-order valence-corrected chi connectivity index (χ2v) is 5.40. The molecule has 1 saturated heterocycles. The first-order valence-electron chi connectivity index (χ1n) is 5.73. The smallest absolute Gasteiger partial charge is 0.242 e. The number of pyridine rings is 1. The van der Waals surface area contributed by atoms with Gasteiger partial charge in [-0.05, 0) is 53.4 Å². The van der Waals surface area contributed by atoms with Crippen molar-refractivity contribution in [2.45, 2.75) is 26.3 Å². The normalized spacial score (nSPS) is 22.4. The molecule has 18 heavy (non-hydrogen) atoms. The molecule has 6 heteroatoms. The Hall–Kier alpha value is -0.650. The maximum absolute atomic E-state index is 12.0. The third-order valence-corrected chi connectivity index (χ3v) is 3.41. The van der Waals surface area contributed by atoms with Crippen LogP contribution in [0.5, 0.6) is 0 Å². The number of carbonyl (C=O) groups is 1. The van der Waals surface area contributed by atoms with Crippen molar-refractivity contribution >= 4 is 40.1 Å². The van der Waals surface area contributed by atoms with Crippen LogP contribution in [0.1, 0.15) is 18.9 Å². The summed E-state index contributed by atoms with van der Waals surface area (Å²) < 4.78 is 0.728. The molecule has 0 saturated carbocycles. The minimum Gasteiger partial charge on any atom is -0.309 e. The van der Waals surface area contributed by atoms with Crippen molar-refractivity contribution in [1.29, 1.82) is 0 Å². The number of amides is 1. The second-order valence-electron chi connectivity index (χ2n) is 4.59. The lowest BCUT2D eigenvalue weighted by Gasteiger charge is -2.12. The van der Waals surface area contributed by atoms with Gasteiger partial charge in [-0.15, -0.1) is 12.4 Å². The summed E-state index contributed by atoms with van der Waals surface area (Å²) >= 11 is 3.30. The van der Waals surface area contributed by atoms with Gasteiger partial charge in [0.1, 0.15) is 10.4 Å². The van der Waals surface area contributed by atoms with E-state index in [1.165, 1.54) is 0 Å². The van der Waals surface area contributed by atoms with Crippen molar-refractivity contribution in [2.75, 3.05) is 11.9 Å². The average molecular weight is 335 g/mol. The number of carbonyl (C=O) groups excluding carboxylic acids is 1. The van der Waals surface area contributed by atoms with E-state index >= 15 is 0 Å². The van der Waals surface area contributed by atoms with Crippen molar-refractivity contribution in [1.82, 2.24) is 10.3 Å². The molecule has 0 radical (unpaired) electrons. The van der Waals surface area contributed by atoms with Crippen LogP contribution in [-0.2, 0) is 4.79 Å². The molecule has 2 heterocycles. The fourth-order valence-corrected chi connectivity index (χ4v) is 2.26. The van der Waals surface area contributed by atoms with Gasteiger partial charge in [0.05, 0.1) is 6.04 Å². The molecule has 0 aromatic carbocycles. The van der Waals surface area contributed by atoms with Gasteiger partial charge in [0.15, 0.2) is 0 Å². The number of anilines is 1. The topological polar surface area (TPSA) is 54.0 Å². The number of nitrogens with one attached hydrogen (secondary N) is 2. The van der Waals surface area contributed by atoms with E-state index in [1.54, 1.807) is 0 Å². The van der Waals surface area contributed by atoms with Gasteiger partial charge in [0.25, 0.3) is 0 Å². The molecule has 0 spiro atoms. The van der Waals surface area contributed by atoms with E-state index < -0.39 is 0 Å². The van der Waals surface area contributed by atoms with Gasteiger partial charge in [-0.3, -0.25) is 4.79 Å². The van der Waals surface area contributed by atoms with Crippen molar-refractivity contribution in [3.05, 3.63) is 22.3 Å². The largest absolute Gasteiger partial charge is 0.309 e. The Morgan fingerprint density at radius 2 is 2.28 bits per heavy atom. The summed E-state index contributed by atoms with van der Waals surface area (Å²) in [4.78, 5) is 16.3. The lowest BCUT2D eigenvalue weighted by molar-refractivity contribution is -0.117. The quantitative estimate of drug-likeness (QED) is 0.817. The van der Waals surface area contributed by atoms with Crippen LogP contribution in [0.3, 0.4) is 0 Å². The van der Waals surface area contributed by atoms with Gasteiger partial charge in [-0.25, -0.2) is 4.98 Å². The molecule has 1 amide bonds. The molecule has 0 aliphatic carbocycles. The fraction of sp³-hybridized carbons (Fsp3) is 0.500. The average Bonchev–Trinajstić information content (AvgIpc) is 2.70. The third kappa shape index (κ3) is 3.67. The molecule has 1 aromatic heterocycles. The maximum Gasteiger partial charge on any atom is 0.242 e. The Morgan fingerprint density at radius 3 is 2.89 bits per heavy atom.